The fourth-order valence-electron chi connectivity index (χ4n) is 2.46. The number of rotatable bonds is 5. The zero-order valence-corrected chi connectivity index (χ0v) is 15.9. The first-order valence-corrected chi connectivity index (χ1v) is 8.77. The third kappa shape index (κ3) is 4.61. The number of halogens is 1. The maximum absolute atomic E-state index is 12.3. The maximum atomic E-state index is 12.3. The van der Waals surface area contributed by atoms with E-state index in [4.69, 9.17) is 26.5 Å². The van der Waals surface area contributed by atoms with Gasteiger partial charge in [0.25, 0.3) is 5.91 Å². The van der Waals surface area contributed by atoms with Crippen molar-refractivity contribution in [3.8, 4) is 0 Å². The molecule has 0 bridgehead atoms. The summed E-state index contributed by atoms with van der Waals surface area (Å²) in [5.74, 6) is -2.51. The van der Waals surface area contributed by atoms with Gasteiger partial charge in [-0.3, -0.25) is 14.4 Å². The van der Waals surface area contributed by atoms with Gasteiger partial charge in [-0.1, -0.05) is 11.6 Å². The Balaban J connectivity index is 1.70. The molecule has 1 unspecified atom stereocenters. The third-order valence-corrected chi connectivity index (χ3v) is 4.22. The molecule has 0 aliphatic heterocycles. The molecule has 0 saturated carbocycles. The molecule has 2 aromatic carbocycles. The van der Waals surface area contributed by atoms with Crippen LogP contribution in [0.4, 0.5) is 5.69 Å². The average Bonchev–Trinajstić information content (AvgIpc) is 2.68. The smallest absolute Gasteiger partial charge is 0.375 e. The van der Waals surface area contributed by atoms with E-state index in [-0.39, 0.29) is 22.3 Å². The van der Waals surface area contributed by atoms with Gasteiger partial charge >= 0.3 is 5.97 Å². The average molecular weight is 415 g/mol. The molecule has 0 spiro atoms. The van der Waals surface area contributed by atoms with Crippen molar-refractivity contribution < 1.29 is 23.5 Å². The number of fused-ring (bicyclic) bond motifs is 1. The van der Waals surface area contributed by atoms with Crippen LogP contribution in [0.5, 0.6) is 0 Å². The number of nitrogens with one attached hydrogen (secondary N) is 1. The Morgan fingerprint density at radius 1 is 1.10 bits per heavy atom. The number of esters is 1. The van der Waals surface area contributed by atoms with Crippen molar-refractivity contribution >= 4 is 46.0 Å². The van der Waals surface area contributed by atoms with E-state index in [1.54, 1.807) is 0 Å². The molecule has 3 rings (SSSR count). The van der Waals surface area contributed by atoms with Crippen LogP contribution in [0.1, 0.15) is 27.8 Å². The molecule has 0 radical (unpaired) electrons. The van der Waals surface area contributed by atoms with E-state index in [1.165, 1.54) is 49.4 Å². The summed E-state index contributed by atoms with van der Waals surface area (Å²) >= 11 is 5.85. The number of anilines is 1. The summed E-state index contributed by atoms with van der Waals surface area (Å²) in [6, 6.07) is 11.3. The molecule has 0 fully saturated rings. The fourth-order valence-corrected chi connectivity index (χ4v) is 2.64. The third-order valence-electron chi connectivity index (χ3n) is 3.98. The quantitative estimate of drug-likeness (QED) is 0.617. The first-order valence-electron chi connectivity index (χ1n) is 8.40. The minimum absolute atomic E-state index is 0.167. The van der Waals surface area contributed by atoms with Crippen molar-refractivity contribution in [1.82, 2.24) is 0 Å². The first-order chi connectivity index (χ1) is 13.7. The Bertz CT molecular complexity index is 1170. The summed E-state index contributed by atoms with van der Waals surface area (Å²) in [5.41, 5.74) is 5.53. The van der Waals surface area contributed by atoms with Crippen LogP contribution < -0.4 is 16.5 Å². The van der Waals surface area contributed by atoms with Crippen molar-refractivity contribution in [2.75, 3.05) is 5.32 Å². The number of carbonyl (C=O) groups is 3. The van der Waals surface area contributed by atoms with E-state index < -0.39 is 29.3 Å². The van der Waals surface area contributed by atoms with E-state index in [9.17, 15) is 19.2 Å². The number of nitrogens with two attached hydrogens (primary N) is 1. The monoisotopic (exact) mass is 414 g/mol. The van der Waals surface area contributed by atoms with Crippen LogP contribution in [0, 0.1) is 0 Å². The van der Waals surface area contributed by atoms with E-state index in [0.29, 0.717) is 10.7 Å². The van der Waals surface area contributed by atoms with E-state index >= 15 is 0 Å². The number of benzene rings is 2. The van der Waals surface area contributed by atoms with Crippen LogP contribution in [-0.2, 0) is 9.53 Å². The first kappa shape index (κ1) is 20.1. The molecule has 1 aromatic heterocycles. The van der Waals surface area contributed by atoms with Crippen LogP contribution >= 0.6 is 11.6 Å². The lowest BCUT2D eigenvalue weighted by Crippen LogP contribution is -2.30. The fraction of sp³-hybridized carbons (Fsp3) is 0.100. The number of hydrogen-bond acceptors (Lipinski definition) is 6. The summed E-state index contributed by atoms with van der Waals surface area (Å²) in [6.07, 6.45) is -1.18. The summed E-state index contributed by atoms with van der Waals surface area (Å²) in [6.45, 7) is 1.37. The zero-order valence-electron chi connectivity index (χ0n) is 15.1. The zero-order chi connectivity index (χ0) is 21.1. The summed E-state index contributed by atoms with van der Waals surface area (Å²) in [4.78, 5) is 47.7. The number of amides is 2. The molecule has 1 heterocycles. The molecule has 2 amide bonds. The van der Waals surface area contributed by atoms with Gasteiger partial charge in [0, 0.05) is 22.3 Å². The van der Waals surface area contributed by atoms with Gasteiger partial charge in [0.15, 0.2) is 11.5 Å². The minimum Gasteiger partial charge on any atom is -0.449 e. The van der Waals surface area contributed by atoms with Gasteiger partial charge in [-0.15, -0.1) is 0 Å². The highest BCUT2D eigenvalue weighted by Gasteiger charge is 2.22. The van der Waals surface area contributed by atoms with Crippen molar-refractivity contribution in [3.63, 3.8) is 0 Å². The van der Waals surface area contributed by atoms with E-state index in [0.717, 1.165) is 6.07 Å². The summed E-state index contributed by atoms with van der Waals surface area (Å²) in [5, 5.41) is 3.11. The molecule has 1 atom stereocenters. The van der Waals surface area contributed by atoms with Gasteiger partial charge in [-0.2, -0.15) is 0 Å². The number of primary amides is 1. The Labute approximate surface area is 169 Å². The van der Waals surface area contributed by atoms with Crippen LogP contribution in [0.2, 0.25) is 5.02 Å². The predicted molar refractivity (Wildman–Crippen MR) is 106 cm³/mol. The Hall–Kier alpha value is -3.65. The molecule has 148 valence electrons. The topological polar surface area (TPSA) is 129 Å². The molecule has 0 aliphatic rings. The van der Waals surface area contributed by atoms with Gasteiger partial charge in [-0.25, -0.2) is 4.79 Å². The standard InChI is InChI=1S/C20H15ClN2O6/c1-10(19(26)23-13-5-2-11(3-6-13)18(22)25)28-20(27)17-9-15(24)14-8-12(21)4-7-16(14)29-17/h2-10H,1H3,(H2,22,25)(H,23,26). The van der Waals surface area contributed by atoms with Gasteiger partial charge in [0.1, 0.15) is 5.58 Å². The number of ether oxygens (including phenoxy) is 1. The highest BCUT2D eigenvalue weighted by molar-refractivity contribution is 6.31. The van der Waals surface area contributed by atoms with Crippen molar-refractivity contribution in [2.24, 2.45) is 5.73 Å². The summed E-state index contributed by atoms with van der Waals surface area (Å²) < 4.78 is 10.5. The van der Waals surface area contributed by atoms with Crippen molar-refractivity contribution in [3.05, 3.63) is 75.1 Å². The Kier molecular flexibility index (Phi) is 5.65. The van der Waals surface area contributed by atoms with Gasteiger partial charge < -0.3 is 20.2 Å². The lowest BCUT2D eigenvalue weighted by atomic mass is 10.2. The molecule has 0 aliphatic carbocycles. The Morgan fingerprint density at radius 2 is 1.79 bits per heavy atom. The SMILES string of the molecule is CC(OC(=O)c1cc(=O)c2cc(Cl)ccc2o1)C(=O)Nc1ccc(C(N)=O)cc1. The molecule has 0 saturated heterocycles. The second-order valence-electron chi connectivity index (χ2n) is 6.09. The minimum atomic E-state index is -1.18. The highest BCUT2D eigenvalue weighted by Crippen LogP contribution is 2.18. The normalized spacial score (nSPS) is 11.7. The Morgan fingerprint density at radius 3 is 2.45 bits per heavy atom. The van der Waals surface area contributed by atoms with Crippen molar-refractivity contribution in [1.29, 1.82) is 0 Å². The molecule has 9 heteroatoms. The largest absolute Gasteiger partial charge is 0.449 e. The van der Waals surface area contributed by atoms with Crippen LogP contribution in [0.15, 0.2) is 57.7 Å². The predicted octanol–water partition coefficient (Wildman–Crippen LogP) is 2.73. The van der Waals surface area contributed by atoms with Gasteiger partial charge in [-0.05, 0) is 49.4 Å². The molecule has 8 nitrogen and oxygen atoms in total. The molecule has 29 heavy (non-hydrogen) atoms. The van der Waals surface area contributed by atoms with Crippen LogP contribution in [-0.4, -0.2) is 23.9 Å². The number of carbonyl (C=O) groups excluding carboxylic acids is 3. The van der Waals surface area contributed by atoms with Gasteiger partial charge in [0.05, 0.1) is 5.39 Å². The lowest BCUT2D eigenvalue weighted by Gasteiger charge is -2.13. The van der Waals surface area contributed by atoms with Gasteiger partial charge in [0.2, 0.25) is 11.7 Å². The van der Waals surface area contributed by atoms with E-state index in [2.05, 4.69) is 5.32 Å². The maximum Gasteiger partial charge on any atom is 0.375 e. The van der Waals surface area contributed by atoms with E-state index in [1.807, 2.05) is 0 Å². The molecule has 3 N–H and O–H groups in total. The highest BCUT2D eigenvalue weighted by atomic mass is 35.5. The molecular formula is C20H15ClN2O6. The number of hydrogen-bond donors (Lipinski definition) is 2. The second-order valence-corrected chi connectivity index (χ2v) is 6.53. The second kappa shape index (κ2) is 8.15. The molecular weight excluding hydrogens is 400 g/mol. The summed E-state index contributed by atoms with van der Waals surface area (Å²) in [7, 11) is 0. The van der Waals surface area contributed by atoms with Crippen LogP contribution in [0.25, 0.3) is 11.0 Å². The lowest BCUT2D eigenvalue weighted by molar-refractivity contribution is -0.123. The van der Waals surface area contributed by atoms with Crippen molar-refractivity contribution in [2.45, 2.75) is 13.0 Å². The molecule has 3 aromatic rings. The van der Waals surface area contributed by atoms with Crippen LogP contribution in [0.3, 0.4) is 0 Å².